The fourth-order valence-corrected chi connectivity index (χ4v) is 3.41. The van der Waals surface area contributed by atoms with Gasteiger partial charge in [0.15, 0.2) is 11.5 Å². The summed E-state index contributed by atoms with van der Waals surface area (Å²) in [6, 6.07) is 16.3. The molecule has 1 N–H and O–H groups in total. The molecule has 28 heavy (non-hydrogen) atoms. The smallest absolute Gasteiger partial charge is 0.161 e. The van der Waals surface area contributed by atoms with Crippen molar-refractivity contribution >= 4 is 22.1 Å². The van der Waals surface area contributed by atoms with Crippen molar-refractivity contribution < 1.29 is 9.47 Å². The van der Waals surface area contributed by atoms with E-state index in [0.717, 1.165) is 32.7 Å². The van der Waals surface area contributed by atoms with Gasteiger partial charge in [-0.05, 0) is 61.9 Å². The Bertz CT molecular complexity index is 978. The van der Waals surface area contributed by atoms with Crippen molar-refractivity contribution in [1.29, 1.82) is 0 Å². The van der Waals surface area contributed by atoms with Gasteiger partial charge in [-0.15, -0.1) is 0 Å². The van der Waals surface area contributed by atoms with E-state index in [0.29, 0.717) is 12.3 Å². The van der Waals surface area contributed by atoms with Crippen molar-refractivity contribution in [2.45, 2.75) is 20.4 Å². The van der Waals surface area contributed by atoms with E-state index in [-0.39, 0.29) is 0 Å². The predicted octanol–water partition coefficient (Wildman–Crippen LogP) is 5.00. The Labute approximate surface area is 174 Å². The molecule has 3 aromatic rings. The Morgan fingerprint density at radius 1 is 1.00 bits per heavy atom. The zero-order valence-corrected chi connectivity index (χ0v) is 18.1. The van der Waals surface area contributed by atoms with Crippen LogP contribution in [0.4, 0.5) is 0 Å². The molecule has 0 saturated heterocycles. The van der Waals surface area contributed by atoms with Crippen LogP contribution in [-0.4, -0.2) is 25.0 Å². The molecule has 0 aliphatic rings. The topological polar surface area (TPSA) is 47.8 Å². The highest BCUT2D eigenvalue weighted by atomic mass is 79.9. The van der Waals surface area contributed by atoms with Crippen molar-refractivity contribution in [3.63, 3.8) is 0 Å². The van der Waals surface area contributed by atoms with Crippen LogP contribution in [0, 0.1) is 13.8 Å². The third-order valence-electron chi connectivity index (χ3n) is 4.58. The number of nitrogens with one attached hydrogen (secondary N) is 1. The molecule has 1 aromatic heterocycles. The lowest BCUT2D eigenvalue weighted by Gasteiger charge is -2.10. The molecule has 0 fully saturated rings. The lowest BCUT2D eigenvalue weighted by molar-refractivity contribution is 0.354. The molecule has 146 valence electrons. The predicted molar refractivity (Wildman–Crippen MR) is 117 cm³/mol. The number of methoxy groups -OCH3 is 2. The zero-order valence-electron chi connectivity index (χ0n) is 16.5. The van der Waals surface area contributed by atoms with E-state index in [1.807, 2.05) is 36.5 Å². The molecule has 1 heterocycles. The van der Waals surface area contributed by atoms with E-state index in [4.69, 9.17) is 9.47 Å². The maximum atomic E-state index is 5.34. The average molecular weight is 442 g/mol. The molecule has 0 radical (unpaired) electrons. The summed E-state index contributed by atoms with van der Waals surface area (Å²) in [4.78, 5) is 0. The van der Waals surface area contributed by atoms with Crippen LogP contribution in [0.25, 0.3) is 5.69 Å². The number of nitrogens with zero attached hydrogens (tertiary/aromatic N) is 2. The van der Waals surface area contributed by atoms with Crippen molar-refractivity contribution in [3.8, 4) is 17.2 Å². The van der Waals surface area contributed by atoms with Crippen molar-refractivity contribution in [2.75, 3.05) is 14.2 Å². The van der Waals surface area contributed by atoms with E-state index in [1.54, 1.807) is 14.2 Å². The normalized spacial score (nSPS) is 11.0. The molecule has 0 atom stereocenters. The largest absolute Gasteiger partial charge is 0.493 e. The van der Waals surface area contributed by atoms with Gasteiger partial charge in [-0.2, -0.15) is 5.10 Å². The summed E-state index contributed by atoms with van der Waals surface area (Å²) < 4.78 is 13.9. The first kappa shape index (κ1) is 20.0. The van der Waals surface area contributed by atoms with Crippen LogP contribution >= 0.6 is 15.9 Å². The number of hydrogen-bond donors (Lipinski definition) is 1. The number of hydrazone groups is 1. The van der Waals surface area contributed by atoms with Crippen LogP contribution in [-0.2, 0) is 6.54 Å². The molecule has 0 spiro atoms. The highest BCUT2D eigenvalue weighted by Crippen LogP contribution is 2.27. The second-order valence-corrected chi connectivity index (χ2v) is 7.34. The summed E-state index contributed by atoms with van der Waals surface area (Å²) in [5.74, 6) is 1.43. The van der Waals surface area contributed by atoms with Gasteiger partial charge in [0, 0.05) is 27.1 Å². The maximum absolute atomic E-state index is 5.34. The molecule has 0 amide bonds. The summed E-state index contributed by atoms with van der Waals surface area (Å²) >= 11 is 3.49. The van der Waals surface area contributed by atoms with E-state index >= 15 is 0 Å². The molecule has 2 aromatic carbocycles. The van der Waals surface area contributed by atoms with E-state index in [1.165, 1.54) is 5.69 Å². The van der Waals surface area contributed by atoms with Crippen LogP contribution in [0.15, 0.2) is 58.1 Å². The van der Waals surface area contributed by atoms with Crippen molar-refractivity contribution in [2.24, 2.45) is 5.10 Å². The van der Waals surface area contributed by atoms with Crippen molar-refractivity contribution in [1.82, 2.24) is 9.99 Å². The number of ether oxygens (including phenoxy) is 2. The van der Waals surface area contributed by atoms with Gasteiger partial charge in [-0.25, -0.2) is 0 Å². The summed E-state index contributed by atoms with van der Waals surface area (Å²) in [6.45, 7) is 4.80. The van der Waals surface area contributed by atoms with Crippen LogP contribution in [0.3, 0.4) is 0 Å². The van der Waals surface area contributed by atoms with E-state index in [9.17, 15) is 0 Å². The third kappa shape index (κ3) is 4.39. The molecule has 0 saturated carbocycles. The Kier molecular flexibility index (Phi) is 6.41. The minimum absolute atomic E-state index is 0.600. The quantitative estimate of drug-likeness (QED) is 0.414. The van der Waals surface area contributed by atoms with Gasteiger partial charge in [-0.1, -0.05) is 22.0 Å². The summed E-state index contributed by atoms with van der Waals surface area (Å²) in [5, 5.41) is 4.39. The summed E-state index contributed by atoms with van der Waals surface area (Å²) in [5.41, 5.74) is 8.70. The molecule has 6 heteroatoms. The first-order valence-corrected chi connectivity index (χ1v) is 9.74. The van der Waals surface area contributed by atoms with Gasteiger partial charge < -0.3 is 19.5 Å². The minimum atomic E-state index is 0.600. The highest BCUT2D eigenvalue weighted by Gasteiger charge is 2.09. The standard InChI is InChI=1S/C22H24BrN3O2/c1-15-11-18(16(2)26(15)20-8-6-19(23)7-9-20)14-25-24-13-17-5-10-21(27-3)22(12-17)28-4/h5-12,14,24H,13H2,1-4H3/b25-14+. The van der Waals surface area contributed by atoms with Gasteiger partial charge in [0.05, 0.1) is 27.0 Å². The summed E-state index contributed by atoms with van der Waals surface area (Å²) in [6.07, 6.45) is 1.86. The monoisotopic (exact) mass is 441 g/mol. The van der Waals surface area contributed by atoms with Crippen LogP contribution < -0.4 is 14.9 Å². The highest BCUT2D eigenvalue weighted by molar-refractivity contribution is 9.10. The fraction of sp³-hybridized carbons (Fsp3) is 0.227. The average Bonchev–Trinajstić information content (AvgIpc) is 2.99. The molecule has 0 aliphatic carbocycles. The Morgan fingerprint density at radius 2 is 1.71 bits per heavy atom. The Balaban J connectivity index is 1.70. The summed E-state index contributed by atoms with van der Waals surface area (Å²) in [7, 11) is 3.26. The first-order valence-electron chi connectivity index (χ1n) is 8.95. The zero-order chi connectivity index (χ0) is 20.1. The molecular formula is C22H24BrN3O2. The number of rotatable bonds is 7. The van der Waals surface area contributed by atoms with Gasteiger partial charge >= 0.3 is 0 Å². The minimum Gasteiger partial charge on any atom is -0.493 e. The molecule has 5 nitrogen and oxygen atoms in total. The Hall–Kier alpha value is -2.73. The lowest BCUT2D eigenvalue weighted by Crippen LogP contribution is -2.06. The second-order valence-electron chi connectivity index (χ2n) is 6.42. The van der Waals surface area contributed by atoms with Gasteiger partial charge in [0.2, 0.25) is 0 Å². The third-order valence-corrected chi connectivity index (χ3v) is 5.11. The number of benzene rings is 2. The maximum Gasteiger partial charge on any atom is 0.161 e. The SMILES string of the molecule is COc1ccc(CN/N=C/c2cc(C)n(-c3ccc(Br)cc3)c2C)cc1OC. The van der Waals surface area contributed by atoms with Crippen LogP contribution in [0.2, 0.25) is 0 Å². The molecule has 0 bridgehead atoms. The van der Waals surface area contributed by atoms with Crippen LogP contribution in [0.1, 0.15) is 22.5 Å². The van der Waals surface area contributed by atoms with E-state index in [2.05, 4.69) is 63.1 Å². The van der Waals surface area contributed by atoms with Gasteiger partial charge in [0.25, 0.3) is 0 Å². The molecule has 0 aliphatic heterocycles. The number of hydrogen-bond acceptors (Lipinski definition) is 4. The van der Waals surface area contributed by atoms with E-state index < -0.39 is 0 Å². The number of halogens is 1. The van der Waals surface area contributed by atoms with Gasteiger partial charge in [-0.3, -0.25) is 0 Å². The molecule has 0 unspecified atom stereocenters. The fourth-order valence-electron chi connectivity index (χ4n) is 3.15. The number of aryl methyl sites for hydroxylation is 1. The second kappa shape index (κ2) is 8.97. The van der Waals surface area contributed by atoms with Crippen LogP contribution in [0.5, 0.6) is 11.5 Å². The van der Waals surface area contributed by atoms with Crippen molar-refractivity contribution in [3.05, 3.63) is 75.5 Å². The number of aromatic nitrogens is 1. The Morgan fingerprint density at radius 3 is 2.39 bits per heavy atom. The first-order chi connectivity index (χ1) is 13.5. The van der Waals surface area contributed by atoms with Gasteiger partial charge in [0.1, 0.15) is 0 Å². The lowest BCUT2D eigenvalue weighted by atomic mass is 10.2. The molecular weight excluding hydrogens is 418 g/mol. The molecule has 3 rings (SSSR count).